The molecule has 1 atom stereocenters. The number of rotatable bonds is 15. The third-order valence-electron chi connectivity index (χ3n) is 4.39. The van der Waals surface area contributed by atoms with Crippen LogP contribution in [0.25, 0.3) is 0 Å². The summed E-state index contributed by atoms with van der Waals surface area (Å²) in [7, 11) is 0. The lowest BCUT2D eigenvalue weighted by molar-refractivity contribution is -0.130. The maximum Gasteiger partial charge on any atom is 0.244 e. The molecule has 0 aliphatic heterocycles. The molecule has 1 rings (SSSR count). The van der Waals surface area contributed by atoms with Crippen molar-refractivity contribution in [2.24, 2.45) is 16.5 Å². The standard InChI is InChI=1S/C21H33N7O3/c22-11-4-13-25-12-1-2-14-26-20(31)18(15-29)28-19(30)6-3-5-16-7-9-17(10-8-16)27-21(23)24/h7-10,18,25,29H,1-6,12-15H2,(H,26,31)(H,28,30)(H4,23,24,27)/t18-/m0/s1. The van der Waals surface area contributed by atoms with Gasteiger partial charge in [-0.25, -0.2) is 4.99 Å². The average Bonchev–Trinajstić information content (AvgIpc) is 2.74. The predicted molar refractivity (Wildman–Crippen MR) is 119 cm³/mol. The highest BCUT2D eigenvalue weighted by atomic mass is 16.3. The van der Waals surface area contributed by atoms with Crippen molar-refractivity contribution in [1.29, 1.82) is 5.26 Å². The Hall–Kier alpha value is -3.16. The number of hydrogen-bond donors (Lipinski definition) is 6. The van der Waals surface area contributed by atoms with Crippen LogP contribution in [0.15, 0.2) is 29.3 Å². The molecule has 0 fully saturated rings. The summed E-state index contributed by atoms with van der Waals surface area (Å²) in [6.07, 6.45) is 3.63. The van der Waals surface area contributed by atoms with E-state index in [0.29, 0.717) is 38.0 Å². The first-order chi connectivity index (χ1) is 15.0. The van der Waals surface area contributed by atoms with Gasteiger partial charge in [0.2, 0.25) is 11.8 Å². The summed E-state index contributed by atoms with van der Waals surface area (Å²) in [5.41, 5.74) is 12.4. The van der Waals surface area contributed by atoms with E-state index in [1.165, 1.54) is 0 Å². The van der Waals surface area contributed by atoms with Crippen molar-refractivity contribution < 1.29 is 14.7 Å². The molecule has 170 valence electrons. The second kappa shape index (κ2) is 15.6. The largest absolute Gasteiger partial charge is 0.394 e. The van der Waals surface area contributed by atoms with Crippen LogP contribution < -0.4 is 27.4 Å². The van der Waals surface area contributed by atoms with Crippen molar-refractivity contribution in [3.8, 4) is 6.07 Å². The molecular weight excluding hydrogens is 398 g/mol. The Labute approximate surface area is 183 Å². The summed E-state index contributed by atoms with van der Waals surface area (Å²) in [6.45, 7) is 1.43. The summed E-state index contributed by atoms with van der Waals surface area (Å²) >= 11 is 0. The van der Waals surface area contributed by atoms with Gasteiger partial charge in [0, 0.05) is 25.9 Å². The highest BCUT2D eigenvalue weighted by molar-refractivity contribution is 5.87. The van der Waals surface area contributed by atoms with Gasteiger partial charge in [-0.15, -0.1) is 0 Å². The topological polar surface area (TPSA) is 179 Å². The lowest BCUT2D eigenvalue weighted by Gasteiger charge is -2.16. The highest BCUT2D eigenvalue weighted by Crippen LogP contribution is 2.14. The molecule has 10 heteroatoms. The second-order valence-electron chi connectivity index (χ2n) is 7.02. The van der Waals surface area contributed by atoms with Crippen molar-refractivity contribution >= 4 is 23.5 Å². The number of aliphatic hydroxyl groups is 1. The number of benzene rings is 1. The number of nitrogens with two attached hydrogens (primary N) is 2. The van der Waals surface area contributed by atoms with E-state index in [1.807, 2.05) is 12.1 Å². The molecule has 0 unspecified atom stereocenters. The molecular formula is C21H33N7O3. The van der Waals surface area contributed by atoms with Crippen molar-refractivity contribution in [2.45, 2.75) is 44.6 Å². The Balaban J connectivity index is 2.24. The van der Waals surface area contributed by atoms with Crippen molar-refractivity contribution in [3.63, 3.8) is 0 Å². The number of aliphatic hydroxyl groups excluding tert-OH is 1. The fourth-order valence-electron chi connectivity index (χ4n) is 2.78. The number of nitrogens with zero attached hydrogens (tertiary/aromatic N) is 2. The van der Waals surface area contributed by atoms with E-state index in [-0.39, 0.29) is 18.3 Å². The first kappa shape index (κ1) is 25.9. The summed E-state index contributed by atoms with van der Waals surface area (Å²) < 4.78 is 0. The molecule has 0 bridgehead atoms. The quantitative estimate of drug-likeness (QED) is 0.126. The summed E-state index contributed by atoms with van der Waals surface area (Å²) in [6, 6.07) is 8.47. The Morgan fingerprint density at radius 2 is 1.81 bits per heavy atom. The molecule has 0 aliphatic rings. The van der Waals surface area contributed by atoms with Gasteiger partial charge in [0.15, 0.2) is 5.96 Å². The van der Waals surface area contributed by atoms with Crippen LogP contribution in [0.5, 0.6) is 0 Å². The van der Waals surface area contributed by atoms with Crippen LogP contribution in [0.3, 0.4) is 0 Å². The van der Waals surface area contributed by atoms with Crippen LogP contribution >= 0.6 is 0 Å². The summed E-state index contributed by atoms with van der Waals surface area (Å²) in [5, 5.41) is 26.3. The minimum atomic E-state index is -0.958. The zero-order chi connectivity index (χ0) is 22.9. The van der Waals surface area contributed by atoms with E-state index < -0.39 is 18.6 Å². The van der Waals surface area contributed by atoms with E-state index in [1.54, 1.807) is 12.1 Å². The third-order valence-corrected chi connectivity index (χ3v) is 4.39. The molecule has 0 aliphatic carbocycles. The fraction of sp³-hybridized carbons (Fsp3) is 0.524. The number of carbonyl (C=O) groups excluding carboxylic acids is 2. The van der Waals surface area contributed by atoms with E-state index in [2.05, 4.69) is 27.0 Å². The lowest BCUT2D eigenvalue weighted by atomic mass is 10.1. The minimum absolute atomic E-state index is 0.00378. The third kappa shape index (κ3) is 12.2. The number of aryl methyl sites for hydroxylation is 1. The van der Waals surface area contributed by atoms with Gasteiger partial charge in [0.25, 0.3) is 0 Å². The van der Waals surface area contributed by atoms with Crippen LogP contribution in [0, 0.1) is 11.3 Å². The van der Waals surface area contributed by atoms with Gasteiger partial charge >= 0.3 is 0 Å². The molecule has 8 N–H and O–H groups in total. The smallest absolute Gasteiger partial charge is 0.244 e. The van der Waals surface area contributed by atoms with E-state index in [9.17, 15) is 14.7 Å². The summed E-state index contributed by atoms with van der Waals surface area (Å²) in [5.74, 6) is -0.687. The Kier molecular flexibility index (Phi) is 13.1. The Bertz CT molecular complexity index is 740. The number of hydrogen-bond acceptors (Lipinski definition) is 6. The lowest BCUT2D eigenvalue weighted by Crippen LogP contribution is -2.49. The maximum absolute atomic E-state index is 12.1. The van der Waals surface area contributed by atoms with Gasteiger partial charge < -0.3 is 32.5 Å². The van der Waals surface area contributed by atoms with E-state index in [0.717, 1.165) is 24.9 Å². The number of nitriles is 1. The number of unbranched alkanes of at least 4 members (excludes halogenated alkanes) is 1. The molecule has 1 aromatic carbocycles. The van der Waals surface area contributed by atoms with Gasteiger partial charge in [-0.1, -0.05) is 12.1 Å². The van der Waals surface area contributed by atoms with Gasteiger partial charge in [-0.05, 0) is 49.9 Å². The van der Waals surface area contributed by atoms with E-state index >= 15 is 0 Å². The number of guanidine groups is 1. The molecule has 0 radical (unpaired) electrons. The average molecular weight is 432 g/mol. The van der Waals surface area contributed by atoms with Gasteiger partial charge in [0.05, 0.1) is 18.4 Å². The SMILES string of the molecule is N#CCCNCCCCNC(=O)[C@H](CO)NC(=O)CCCc1ccc(N=C(N)N)cc1. The molecule has 0 heterocycles. The van der Waals surface area contributed by atoms with E-state index in [4.69, 9.17) is 16.7 Å². The maximum atomic E-state index is 12.1. The van der Waals surface area contributed by atoms with Crippen LogP contribution in [-0.4, -0.2) is 55.2 Å². The van der Waals surface area contributed by atoms with Gasteiger partial charge in [-0.3, -0.25) is 9.59 Å². The fourth-order valence-corrected chi connectivity index (χ4v) is 2.78. The molecule has 2 amide bonds. The molecule has 0 spiro atoms. The molecule has 0 saturated carbocycles. The Morgan fingerprint density at radius 1 is 1.10 bits per heavy atom. The van der Waals surface area contributed by atoms with Crippen LogP contribution in [0.2, 0.25) is 0 Å². The van der Waals surface area contributed by atoms with Crippen molar-refractivity contribution in [3.05, 3.63) is 29.8 Å². The zero-order valence-corrected chi connectivity index (χ0v) is 17.8. The van der Waals surface area contributed by atoms with Crippen molar-refractivity contribution in [2.75, 3.05) is 26.2 Å². The first-order valence-electron chi connectivity index (χ1n) is 10.4. The number of aliphatic imine (C=N–C) groups is 1. The summed E-state index contributed by atoms with van der Waals surface area (Å²) in [4.78, 5) is 28.2. The molecule has 1 aromatic rings. The first-order valence-corrected chi connectivity index (χ1v) is 10.4. The number of carbonyl (C=O) groups is 2. The van der Waals surface area contributed by atoms with Crippen LogP contribution in [0.1, 0.15) is 37.7 Å². The number of nitrogens with one attached hydrogen (secondary N) is 3. The van der Waals surface area contributed by atoms with Crippen molar-refractivity contribution in [1.82, 2.24) is 16.0 Å². The zero-order valence-electron chi connectivity index (χ0n) is 17.8. The highest BCUT2D eigenvalue weighted by Gasteiger charge is 2.19. The normalized spacial score (nSPS) is 11.2. The predicted octanol–water partition coefficient (Wildman–Crippen LogP) is -0.209. The monoisotopic (exact) mass is 431 g/mol. The van der Waals surface area contributed by atoms with Gasteiger partial charge in [0.1, 0.15) is 6.04 Å². The second-order valence-corrected chi connectivity index (χ2v) is 7.02. The Morgan fingerprint density at radius 3 is 2.45 bits per heavy atom. The molecule has 31 heavy (non-hydrogen) atoms. The minimum Gasteiger partial charge on any atom is -0.394 e. The van der Waals surface area contributed by atoms with Gasteiger partial charge in [-0.2, -0.15) is 5.26 Å². The molecule has 0 saturated heterocycles. The number of amides is 2. The molecule has 0 aromatic heterocycles. The van der Waals surface area contributed by atoms with Crippen LogP contribution in [-0.2, 0) is 16.0 Å². The van der Waals surface area contributed by atoms with Crippen LogP contribution in [0.4, 0.5) is 5.69 Å². The molecule has 10 nitrogen and oxygen atoms in total.